The van der Waals surface area contributed by atoms with E-state index in [0.717, 1.165) is 22.5 Å². The molecule has 0 fully saturated rings. The van der Waals surface area contributed by atoms with Gasteiger partial charge < -0.3 is 16.4 Å². The standard InChI is InChI=1S/C15H21N5O/c1-10(16)12-5-4-6-14(7-12)18-15(21)17-8-13-9-20(3)19-11(13)2/h4-7,9-10H,8,16H2,1-3H3,(H2,17,18,21). The van der Waals surface area contributed by atoms with Gasteiger partial charge in [0.1, 0.15) is 0 Å². The molecule has 0 aliphatic heterocycles. The van der Waals surface area contributed by atoms with E-state index in [2.05, 4.69) is 15.7 Å². The third-order valence-corrected chi connectivity index (χ3v) is 3.22. The topological polar surface area (TPSA) is 85.0 Å². The molecule has 0 spiro atoms. The molecule has 0 saturated carbocycles. The molecular weight excluding hydrogens is 266 g/mol. The number of rotatable bonds is 4. The highest BCUT2D eigenvalue weighted by Crippen LogP contribution is 2.15. The van der Waals surface area contributed by atoms with E-state index < -0.39 is 0 Å². The van der Waals surface area contributed by atoms with Crippen LogP contribution in [0, 0.1) is 6.92 Å². The highest BCUT2D eigenvalue weighted by atomic mass is 16.2. The molecule has 4 N–H and O–H groups in total. The van der Waals surface area contributed by atoms with E-state index >= 15 is 0 Å². The van der Waals surface area contributed by atoms with Crippen LogP contribution in [0.4, 0.5) is 10.5 Å². The van der Waals surface area contributed by atoms with E-state index in [1.165, 1.54) is 0 Å². The summed E-state index contributed by atoms with van der Waals surface area (Å²) in [6, 6.07) is 7.21. The molecule has 2 rings (SSSR count). The van der Waals surface area contributed by atoms with Crippen LogP contribution in [0.2, 0.25) is 0 Å². The number of carbonyl (C=O) groups is 1. The van der Waals surface area contributed by atoms with Crippen molar-refractivity contribution in [3.63, 3.8) is 0 Å². The van der Waals surface area contributed by atoms with Crippen LogP contribution in [0.3, 0.4) is 0 Å². The third-order valence-electron chi connectivity index (χ3n) is 3.22. The number of hydrogen-bond acceptors (Lipinski definition) is 3. The number of carbonyl (C=O) groups excluding carboxylic acids is 1. The molecule has 1 atom stereocenters. The molecule has 1 aromatic carbocycles. The highest BCUT2D eigenvalue weighted by Gasteiger charge is 2.07. The molecule has 6 nitrogen and oxygen atoms in total. The first-order valence-corrected chi connectivity index (χ1v) is 6.85. The normalized spacial score (nSPS) is 12.0. The van der Waals surface area contributed by atoms with Crippen molar-refractivity contribution in [2.45, 2.75) is 26.4 Å². The summed E-state index contributed by atoms with van der Waals surface area (Å²) in [5.41, 5.74) is 9.45. The lowest BCUT2D eigenvalue weighted by molar-refractivity contribution is 0.251. The molecule has 6 heteroatoms. The summed E-state index contributed by atoms with van der Waals surface area (Å²) in [6.07, 6.45) is 1.90. The molecule has 0 radical (unpaired) electrons. The van der Waals surface area contributed by atoms with Crippen molar-refractivity contribution in [3.8, 4) is 0 Å². The molecule has 0 aliphatic rings. The Bertz CT molecular complexity index is 633. The molecule has 1 heterocycles. The van der Waals surface area contributed by atoms with Crippen LogP contribution in [0.25, 0.3) is 0 Å². The van der Waals surface area contributed by atoms with Gasteiger partial charge in [-0.15, -0.1) is 0 Å². The number of aromatic nitrogens is 2. The number of benzene rings is 1. The summed E-state index contributed by atoms with van der Waals surface area (Å²) >= 11 is 0. The van der Waals surface area contributed by atoms with Crippen molar-refractivity contribution in [1.82, 2.24) is 15.1 Å². The minimum absolute atomic E-state index is 0.0622. The van der Waals surface area contributed by atoms with Gasteiger partial charge in [0.25, 0.3) is 0 Å². The number of hydrogen-bond donors (Lipinski definition) is 3. The SMILES string of the molecule is Cc1nn(C)cc1CNC(=O)Nc1cccc(C(C)N)c1. The molecule has 0 aliphatic carbocycles. The smallest absolute Gasteiger partial charge is 0.319 e. The zero-order valence-electron chi connectivity index (χ0n) is 12.6. The van der Waals surface area contributed by atoms with Crippen molar-refractivity contribution >= 4 is 11.7 Å². The lowest BCUT2D eigenvalue weighted by Gasteiger charge is -2.10. The van der Waals surface area contributed by atoms with Gasteiger partial charge in [-0.1, -0.05) is 12.1 Å². The minimum Gasteiger partial charge on any atom is -0.334 e. The van der Waals surface area contributed by atoms with E-state index in [0.29, 0.717) is 6.54 Å². The van der Waals surface area contributed by atoms with Gasteiger partial charge in [-0.05, 0) is 31.5 Å². The van der Waals surface area contributed by atoms with Crippen LogP contribution in [-0.2, 0) is 13.6 Å². The number of anilines is 1. The molecule has 1 aromatic heterocycles. The Morgan fingerprint density at radius 3 is 2.86 bits per heavy atom. The van der Waals surface area contributed by atoms with Crippen LogP contribution >= 0.6 is 0 Å². The van der Waals surface area contributed by atoms with Gasteiger partial charge in [-0.25, -0.2) is 4.79 Å². The van der Waals surface area contributed by atoms with Crippen LogP contribution in [0.5, 0.6) is 0 Å². The quantitative estimate of drug-likeness (QED) is 0.804. The van der Waals surface area contributed by atoms with Crippen LogP contribution in [-0.4, -0.2) is 15.8 Å². The van der Waals surface area contributed by atoms with E-state index in [4.69, 9.17) is 5.73 Å². The molecule has 1 unspecified atom stereocenters. The maximum Gasteiger partial charge on any atom is 0.319 e. The van der Waals surface area contributed by atoms with Gasteiger partial charge in [0.05, 0.1) is 5.69 Å². The van der Waals surface area contributed by atoms with Gasteiger partial charge in [0, 0.05) is 37.1 Å². The minimum atomic E-state index is -0.250. The number of aryl methyl sites for hydroxylation is 2. The van der Waals surface area contributed by atoms with Crippen molar-refractivity contribution in [2.75, 3.05) is 5.32 Å². The summed E-state index contributed by atoms with van der Waals surface area (Å²) < 4.78 is 1.73. The number of nitrogens with one attached hydrogen (secondary N) is 2. The molecule has 21 heavy (non-hydrogen) atoms. The lowest BCUT2D eigenvalue weighted by atomic mass is 10.1. The first-order chi connectivity index (χ1) is 9.95. The number of amides is 2. The summed E-state index contributed by atoms with van der Waals surface area (Å²) in [7, 11) is 1.86. The predicted octanol–water partition coefficient (Wildman–Crippen LogP) is 2.07. The zero-order valence-corrected chi connectivity index (χ0v) is 12.6. The number of urea groups is 1. The summed E-state index contributed by atoms with van der Waals surface area (Å²) in [6.45, 7) is 4.27. The zero-order chi connectivity index (χ0) is 15.4. The Morgan fingerprint density at radius 2 is 2.24 bits per heavy atom. The fraction of sp³-hybridized carbons (Fsp3) is 0.333. The van der Waals surface area contributed by atoms with E-state index in [1.54, 1.807) is 4.68 Å². The van der Waals surface area contributed by atoms with Gasteiger partial charge in [-0.3, -0.25) is 4.68 Å². The fourth-order valence-corrected chi connectivity index (χ4v) is 2.07. The van der Waals surface area contributed by atoms with Gasteiger partial charge in [-0.2, -0.15) is 5.10 Å². The fourth-order valence-electron chi connectivity index (χ4n) is 2.07. The summed E-state index contributed by atoms with van der Waals surface area (Å²) in [4.78, 5) is 11.9. The maximum atomic E-state index is 11.9. The van der Waals surface area contributed by atoms with Crippen molar-refractivity contribution in [1.29, 1.82) is 0 Å². The van der Waals surface area contributed by atoms with Gasteiger partial charge in [0.2, 0.25) is 0 Å². The number of nitrogens with two attached hydrogens (primary N) is 1. The molecule has 2 amide bonds. The second kappa shape index (κ2) is 6.41. The summed E-state index contributed by atoms with van der Waals surface area (Å²) in [5, 5.41) is 9.85. The van der Waals surface area contributed by atoms with E-state index in [1.807, 2.05) is 51.4 Å². The Balaban J connectivity index is 1.93. The highest BCUT2D eigenvalue weighted by molar-refractivity contribution is 5.89. The second-order valence-electron chi connectivity index (χ2n) is 5.14. The van der Waals surface area contributed by atoms with Crippen molar-refractivity contribution in [3.05, 3.63) is 47.3 Å². The first-order valence-electron chi connectivity index (χ1n) is 6.85. The Morgan fingerprint density at radius 1 is 1.48 bits per heavy atom. The monoisotopic (exact) mass is 287 g/mol. The Hall–Kier alpha value is -2.34. The van der Waals surface area contributed by atoms with E-state index in [-0.39, 0.29) is 12.1 Å². The molecule has 0 saturated heterocycles. The molecule has 112 valence electrons. The third kappa shape index (κ3) is 4.06. The number of nitrogens with zero attached hydrogens (tertiary/aromatic N) is 2. The van der Waals surface area contributed by atoms with Crippen LogP contribution < -0.4 is 16.4 Å². The van der Waals surface area contributed by atoms with Crippen molar-refractivity contribution in [2.24, 2.45) is 12.8 Å². The Labute approximate surface area is 124 Å². The molecule has 0 bridgehead atoms. The van der Waals surface area contributed by atoms with E-state index in [9.17, 15) is 4.79 Å². The second-order valence-corrected chi connectivity index (χ2v) is 5.14. The van der Waals surface area contributed by atoms with Crippen molar-refractivity contribution < 1.29 is 4.79 Å². The molecule has 2 aromatic rings. The maximum absolute atomic E-state index is 11.9. The Kier molecular flexibility index (Phi) is 4.59. The van der Waals surface area contributed by atoms with Crippen LogP contribution in [0.1, 0.15) is 29.8 Å². The van der Waals surface area contributed by atoms with Gasteiger partial charge >= 0.3 is 6.03 Å². The largest absolute Gasteiger partial charge is 0.334 e. The molecular formula is C15H21N5O. The van der Waals surface area contributed by atoms with Crippen LogP contribution in [0.15, 0.2) is 30.5 Å². The average Bonchev–Trinajstić information content (AvgIpc) is 2.75. The predicted molar refractivity (Wildman–Crippen MR) is 82.8 cm³/mol. The lowest BCUT2D eigenvalue weighted by Crippen LogP contribution is -2.28. The first kappa shape index (κ1) is 15.1. The van der Waals surface area contributed by atoms with Gasteiger partial charge in [0.15, 0.2) is 0 Å². The average molecular weight is 287 g/mol. The summed E-state index contributed by atoms with van der Waals surface area (Å²) in [5.74, 6) is 0.